The Balaban J connectivity index is 3.81. The summed E-state index contributed by atoms with van der Waals surface area (Å²) in [6.45, 7) is 3.67. The zero-order valence-corrected chi connectivity index (χ0v) is 30.9. The van der Waals surface area contributed by atoms with Gasteiger partial charge in [0, 0.05) is 12.1 Å². The number of amides is 9. The number of hydrogen-bond acceptors (Lipinski definition) is 15. The van der Waals surface area contributed by atoms with Gasteiger partial charge in [-0.05, 0) is 26.7 Å². The zero-order chi connectivity index (χ0) is 43.2. The van der Waals surface area contributed by atoms with Crippen LogP contribution < -0.4 is 48.3 Å². The van der Waals surface area contributed by atoms with Crippen LogP contribution in [-0.2, 0) is 47.9 Å². The smallest absolute Gasteiger partial charge is 0.336 e. The summed E-state index contributed by atoms with van der Waals surface area (Å²) >= 11 is 0. The Kier molecular flexibility index (Phi) is 18.9. The van der Waals surface area contributed by atoms with Gasteiger partial charge in [-0.2, -0.15) is 0 Å². The SMILES string of the molecule is C/C=C(/C)C(=O)NC[C@@H]1NC(=O)[C@@H](C(=O)O)NC(=O)[C@@H](O)CNC(=O)[C@H]([C@@H](C)O)NC(=O)C(C(O)C(O)C(N)=O)NC(=O)[C@H](C(C)C)NC(=O)[C@H](CO)NC1=O. The molecule has 16 N–H and O–H groups in total. The van der Waals surface area contributed by atoms with E-state index in [9.17, 15) is 78.6 Å². The second-order valence-corrected chi connectivity index (χ2v) is 12.8. The Morgan fingerprint density at radius 2 is 1.29 bits per heavy atom. The van der Waals surface area contributed by atoms with E-state index in [2.05, 4.69) is 16.0 Å². The van der Waals surface area contributed by atoms with Crippen LogP contribution in [0.4, 0.5) is 0 Å². The average Bonchev–Trinajstić information content (AvgIpc) is 3.13. The molecule has 314 valence electrons. The summed E-state index contributed by atoms with van der Waals surface area (Å²) in [6.07, 6.45) is -7.76. The highest BCUT2D eigenvalue weighted by Crippen LogP contribution is 2.08. The second kappa shape index (κ2) is 22.0. The number of carboxylic acids is 1. The fourth-order valence-corrected chi connectivity index (χ4v) is 4.61. The van der Waals surface area contributed by atoms with Crippen molar-refractivity contribution in [1.82, 2.24) is 42.5 Å². The van der Waals surface area contributed by atoms with Gasteiger partial charge in [0.2, 0.25) is 47.4 Å². The molecular weight excluding hydrogens is 754 g/mol. The van der Waals surface area contributed by atoms with Crippen LogP contribution in [0.15, 0.2) is 11.6 Å². The highest BCUT2D eigenvalue weighted by atomic mass is 16.4. The van der Waals surface area contributed by atoms with Gasteiger partial charge in [-0.25, -0.2) is 4.79 Å². The molecule has 1 aliphatic rings. The molecule has 0 bridgehead atoms. The molecule has 1 saturated heterocycles. The number of aliphatic hydroxyl groups is 5. The van der Waals surface area contributed by atoms with Crippen LogP contribution in [0.3, 0.4) is 0 Å². The Morgan fingerprint density at radius 1 is 0.768 bits per heavy atom. The van der Waals surface area contributed by atoms with E-state index in [0.29, 0.717) is 0 Å². The Hall–Kier alpha value is -5.76. The minimum atomic E-state index is -2.53. The molecule has 0 aliphatic carbocycles. The molecule has 1 aliphatic heterocycles. The van der Waals surface area contributed by atoms with E-state index < -0.39 is 145 Å². The molecule has 0 saturated carbocycles. The summed E-state index contributed by atoms with van der Waals surface area (Å²) < 4.78 is 0. The molecule has 9 amide bonds. The van der Waals surface area contributed by atoms with Crippen molar-refractivity contribution in [2.45, 2.75) is 95.3 Å². The maximum absolute atomic E-state index is 13.5. The van der Waals surface area contributed by atoms with Crippen LogP contribution in [0.25, 0.3) is 0 Å². The summed E-state index contributed by atoms with van der Waals surface area (Å²) in [7, 11) is 0. The first-order chi connectivity index (χ1) is 26.0. The highest BCUT2D eigenvalue weighted by Gasteiger charge is 2.41. The third-order valence-corrected chi connectivity index (χ3v) is 8.12. The molecule has 10 atom stereocenters. The van der Waals surface area contributed by atoms with Gasteiger partial charge in [-0.3, -0.25) is 43.2 Å². The maximum Gasteiger partial charge on any atom is 0.336 e. The van der Waals surface area contributed by atoms with E-state index in [-0.39, 0.29) is 5.57 Å². The fraction of sp³-hybridized carbons (Fsp3) is 0.613. The Labute approximate surface area is 318 Å². The van der Waals surface area contributed by atoms with Crippen molar-refractivity contribution in [3.63, 3.8) is 0 Å². The fourth-order valence-electron chi connectivity index (χ4n) is 4.61. The van der Waals surface area contributed by atoms with Gasteiger partial charge in [0.1, 0.15) is 42.4 Å². The molecular formula is C31H49N9O16. The molecule has 1 fully saturated rings. The number of nitrogens with one attached hydrogen (secondary N) is 8. The summed E-state index contributed by atoms with van der Waals surface area (Å²) in [5.74, 6) is -15.1. The van der Waals surface area contributed by atoms with Crippen molar-refractivity contribution in [2.75, 3.05) is 19.7 Å². The molecule has 1 heterocycles. The summed E-state index contributed by atoms with van der Waals surface area (Å²) in [5, 5.41) is 77.4. The number of hydrogen-bond donors (Lipinski definition) is 15. The zero-order valence-electron chi connectivity index (χ0n) is 30.9. The first kappa shape index (κ1) is 48.3. The number of rotatable bonds is 10. The molecule has 25 heteroatoms. The van der Waals surface area contributed by atoms with E-state index in [1.54, 1.807) is 5.32 Å². The Bertz CT molecular complexity index is 1550. The normalized spacial score (nSPS) is 27.2. The van der Waals surface area contributed by atoms with E-state index in [0.717, 1.165) is 6.92 Å². The summed E-state index contributed by atoms with van der Waals surface area (Å²) in [4.78, 5) is 129. The minimum absolute atomic E-state index is 0.147. The average molecular weight is 804 g/mol. The van der Waals surface area contributed by atoms with Gasteiger partial charge in [0.05, 0.1) is 19.3 Å². The van der Waals surface area contributed by atoms with E-state index >= 15 is 0 Å². The lowest BCUT2D eigenvalue weighted by atomic mass is 9.99. The molecule has 0 spiro atoms. The van der Waals surface area contributed by atoms with Crippen LogP contribution in [0.5, 0.6) is 0 Å². The van der Waals surface area contributed by atoms with Gasteiger partial charge in [0.15, 0.2) is 6.10 Å². The minimum Gasteiger partial charge on any atom is -0.479 e. The summed E-state index contributed by atoms with van der Waals surface area (Å²) in [6, 6.07) is -12.4. The number of carboxylic acid groups (broad SMARTS) is 1. The number of aliphatic hydroxyl groups excluding tert-OH is 5. The third kappa shape index (κ3) is 13.8. The van der Waals surface area contributed by atoms with Gasteiger partial charge < -0.3 is 78.9 Å². The number of carbonyl (C=O) groups is 10. The number of carbonyl (C=O) groups excluding carboxylic acids is 9. The molecule has 1 rings (SSSR count). The maximum atomic E-state index is 13.5. The van der Waals surface area contributed by atoms with Crippen LogP contribution >= 0.6 is 0 Å². The lowest BCUT2D eigenvalue weighted by molar-refractivity contribution is -0.148. The topological polar surface area (TPSA) is 414 Å². The highest BCUT2D eigenvalue weighted by molar-refractivity contribution is 6.06. The molecule has 0 aromatic carbocycles. The first-order valence-electron chi connectivity index (χ1n) is 16.8. The number of nitrogens with two attached hydrogens (primary N) is 1. The van der Waals surface area contributed by atoms with Crippen LogP contribution in [0.1, 0.15) is 34.6 Å². The second-order valence-electron chi connectivity index (χ2n) is 12.8. The Morgan fingerprint density at radius 3 is 1.79 bits per heavy atom. The molecule has 0 aromatic heterocycles. The summed E-state index contributed by atoms with van der Waals surface area (Å²) in [5.41, 5.74) is 5.19. The monoisotopic (exact) mass is 803 g/mol. The molecule has 25 nitrogen and oxygen atoms in total. The molecule has 3 unspecified atom stereocenters. The lowest BCUT2D eigenvalue weighted by Crippen LogP contribution is -2.66. The van der Waals surface area contributed by atoms with Crippen LogP contribution in [-0.4, -0.2) is 170 Å². The predicted molar refractivity (Wildman–Crippen MR) is 185 cm³/mol. The van der Waals surface area contributed by atoms with Gasteiger partial charge in [0.25, 0.3) is 11.8 Å². The predicted octanol–water partition coefficient (Wildman–Crippen LogP) is -9.21. The largest absolute Gasteiger partial charge is 0.479 e. The van der Waals surface area contributed by atoms with Crippen molar-refractivity contribution in [3.05, 3.63) is 11.6 Å². The van der Waals surface area contributed by atoms with Gasteiger partial charge in [-0.1, -0.05) is 19.9 Å². The van der Waals surface area contributed by atoms with E-state index in [1.807, 2.05) is 21.3 Å². The van der Waals surface area contributed by atoms with Crippen molar-refractivity contribution >= 4 is 59.1 Å². The third-order valence-electron chi connectivity index (χ3n) is 8.12. The molecule has 0 radical (unpaired) electrons. The standard InChI is InChI=1S/C31H49N9O16/c1-6-11(4)23(47)33-7-13-24(48)36-14(9-41)25(49)37-16(10(2)3)28(52)39-18(20(44)21(45)22(32)46)29(53)38-17(12(5)42)27(51)34-8-15(43)26(50)40-19(31(55)56)30(54)35-13/h6,10,12-21,41-45H,7-9H2,1-5H3,(H2,32,46)(H,33,47)(H,34,51)(H,35,54)(H,36,48)(H,37,49)(H,38,53)(H,39,52)(H,40,50)(H,55,56)/b11-6-/t12-,13+,14+,15+,16+,17+,18?,19+,20?,21?/m1/s1. The van der Waals surface area contributed by atoms with Gasteiger partial charge >= 0.3 is 5.97 Å². The van der Waals surface area contributed by atoms with Crippen molar-refractivity contribution in [1.29, 1.82) is 0 Å². The van der Waals surface area contributed by atoms with Crippen LogP contribution in [0, 0.1) is 5.92 Å². The van der Waals surface area contributed by atoms with E-state index in [1.165, 1.54) is 33.8 Å². The number of aliphatic carboxylic acids is 1. The first-order valence-corrected chi connectivity index (χ1v) is 16.8. The quantitative estimate of drug-likeness (QED) is 0.0720. The molecule has 56 heavy (non-hydrogen) atoms. The van der Waals surface area contributed by atoms with Gasteiger partial charge in [-0.15, -0.1) is 0 Å². The van der Waals surface area contributed by atoms with Crippen molar-refractivity contribution in [3.8, 4) is 0 Å². The number of primary amides is 1. The number of β-amino-alcohol motifs (C(OH)–C–C–N with tert-alkyl or cyclic N) is 1. The number of allylic oxidation sites excluding steroid dienone is 1. The molecule has 0 aromatic rings. The van der Waals surface area contributed by atoms with Crippen molar-refractivity contribution < 1.29 is 78.6 Å². The lowest BCUT2D eigenvalue weighted by Gasteiger charge is -2.31. The van der Waals surface area contributed by atoms with Crippen LogP contribution in [0.2, 0.25) is 0 Å². The van der Waals surface area contributed by atoms with Crippen molar-refractivity contribution in [2.24, 2.45) is 11.7 Å². The van der Waals surface area contributed by atoms with E-state index in [4.69, 9.17) is 5.73 Å².